The number of hydrogen-bond donors (Lipinski definition) is 0. The smallest absolute Gasteiger partial charge is 0.491 e. The van der Waals surface area contributed by atoms with Crippen molar-refractivity contribution in [1.82, 2.24) is 4.90 Å². The largest absolute Gasteiger partial charge is 0.573 e. The van der Waals surface area contributed by atoms with Gasteiger partial charge in [-0.25, -0.2) is 0 Å². The van der Waals surface area contributed by atoms with Crippen molar-refractivity contribution in [3.63, 3.8) is 0 Å². The molecule has 1 aliphatic heterocycles. The molecule has 0 spiro atoms. The summed E-state index contributed by atoms with van der Waals surface area (Å²) in [7, 11) is 0. The predicted octanol–water partition coefficient (Wildman–Crippen LogP) is 3.60. The Balaban J connectivity index is 1.85. The number of nitrogens with zero attached hydrogens (tertiary/aromatic N) is 1. The molecule has 0 aromatic heterocycles. The van der Waals surface area contributed by atoms with E-state index in [1.165, 1.54) is 12.1 Å². The second-order valence-electron chi connectivity index (χ2n) is 5.32. The van der Waals surface area contributed by atoms with Gasteiger partial charge in [0.1, 0.15) is 18.1 Å². The van der Waals surface area contributed by atoms with Gasteiger partial charge in [-0.2, -0.15) is 0 Å². The van der Waals surface area contributed by atoms with Crippen molar-refractivity contribution >= 4 is 6.41 Å². The van der Waals surface area contributed by atoms with Crippen LogP contribution in [0.3, 0.4) is 0 Å². The van der Waals surface area contributed by atoms with Crippen LogP contribution in [0.1, 0.15) is 5.56 Å². The van der Waals surface area contributed by atoms with Crippen molar-refractivity contribution in [2.24, 2.45) is 0 Å². The van der Waals surface area contributed by atoms with Gasteiger partial charge >= 0.3 is 6.36 Å². The minimum absolute atomic E-state index is 0.267. The molecule has 0 unspecified atom stereocenters. The Labute approximate surface area is 136 Å². The zero-order valence-electron chi connectivity index (χ0n) is 12.5. The number of rotatable bonds is 3. The van der Waals surface area contributed by atoms with Crippen LogP contribution in [-0.4, -0.2) is 30.8 Å². The zero-order valence-corrected chi connectivity index (χ0v) is 12.5. The van der Waals surface area contributed by atoms with Crippen LogP contribution in [-0.2, 0) is 11.3 Å². The normalized spacial score (nSPS) is 14.4. The van der Waals surface area contributed by atoms with E-state index in [1.807, 2.05) is 12.1 Å². The lowest BCUT2D eigenvalue weighted by Gasteiger charge is -2.13. The van der Waals surface area contributed by atoms with Gasteiger partial charge < -0.3 is 14.4 Å². The third-order valence-electron chi connectivity index (χ3n) is 3.64. The molecule has 1 aliphatic rings. The van der Waals surface area contributed by atoms with E-state index in [2.05, 4.69) is 4.74 Å². The molecule has 0 N–H and O–H groups in total. The van der Waals surface area contributed by atoms with Gasteiger partial charge in [0.2, 0.25) is 6.41 Å². The highest BCUT2D eigenvalue weighted by molar-refractivity contribution is 5.66. The van der Waals surface area contributed by atoms with Gasteiger partial charge in [0.25, 0.3) is 0 Å². The second-order valence-corrected chi connectivity index (χ2v) is 5.32. The number of amides is 1. The third kappa shape index (κ3) is 3.79. The van der Waals surface area contributed by atoms with Gasteiger partial charge in [-0.1, -0.05) is 18.2 Å². The number of fused-ring (bicyclic) bond motifs is 1. The van der Waals surface area contributed by atoms with E-state index in [-0.39, 0.29) is 5.75 Å². The molecule has 126 valence electrons. The van der Waals surface area contributed by atoms with E-state index in [1.54, 1.807) is 23.1 Å². The summed E-state index contributed by atoms with van der Waals surface area (Å²) in [4.78, 5) is 12.6. The maximum Gasteiger partial charge on any atom is 0.573 e. The molecule has 2 aromatic rings. The monoisotopic (exact) mass is 337 g/mol. The Morgan fingerprint density at radius 1 is 1.08 bits per heavy atom. The highest BCUT2D eigenvalue weighted by Crippen LogP contribution is 2.31. The Bertz CT molecular complexity index is 729. The highest BCUT2D eigenvalue weighted by Gasteiger charge is 2.31. The van der Waals surface area contributed by atoms with E-state index < -0.39 is 6.36 Å². The Morgan fingerprint density at radius 3 is 2.46 bits per heavy atom. The van der Waals surface area contributed by atoms with Gasteiger partial charge in [-0.3, -0.25) is 4.79 Å². The number of hydrogen-bond acceptors (Lipinski definition) is 3. The van der Waals surface area contributed by atoms with Crippen LogP contribution in [0.2, 0.25) is 0 Å². The lowest BCUT2D eigenvalue weighted by atomic mass is 10.0. The van der Waals surface area contributed by atoms with Gasteiger partial charge in [-0.15, -0.1) is 13.2 Å². The molecule has 2 aromatic carbocycles. The van der Waals surface area contributed by atoms with E-state index in [0.717, 1.165) is 23.1 Å². The summed E-state index contributed by atoms with van der Waals surface area (Å²) < 4.78 is 46.0. The first-order chi connectivity index (χ1) is 11.4. The molecule has 0 fully saturated rings. The van der Waals surface area contributed by atoms with Crippen LogP contribution < -0.4 is 9.47 Å². The Morgan fingerprint density at radius 2 is 1.79 bits per heavy atom. The first-order valence-corrected chi connectivity index (χ1v) is 7.26. The molecule has 0 aliphatic carbocycles. The second kappa shape index (κ2) is 6.43. The number of alkyl halides is 3. The van der Waals surface area contributed by atoms with Crippen molar-refractivity contribution in [3.8, 4) is 22.6 Å². The molecule has 0 saturated heterocycles. The molecule has 0 bridgehead atoms. The molecule has 24 heavy (non-hydrogen) atoms. The summed E-state index contributed by atoms with van der Waals surface area (Å²) in [5.74, 6) is 0.441. The van der Waals surface area contributed by atoms with Gasteiger partial charge in [0.05, 0.1) is 6.54 Å². The summed E-state index contributed by atoms with van der Waals surface area (Å²) in [6, 6.07) is 11.1. The maximum absolute atomic E-state index is 12.2. The molecule has 0 radical (unpaired) electrons. The minimum Gasteiger partial charge on any atom is -0.491 e. The molecule has 1 heterocycles. The molecule has 3 rings (SSSR count). The summed E-state index contributed by atoms with van der Waals surface area (Å²) in [5, 5.41) is 0. The zero-order chi connectivity index (χ0) is 17.2. The molecule has 4 nitrogen and oxygen atoms in total. The van der Waals surface area contributed by atoms with E-state index in [4.69, 9.17) is 4.74 Å². The fourth-order valence-corrected chi connectivity index (χ4v) is 2.53. The van der Waals surface area contributed by atoms with Gasteiger partial charge in [0.15, 0.2) is 0 Å². The van der Waals surface area contributed by atoms with Crippen LogP contribution in [0.4, 0.5) is 13.2 Å². The SMILES string of the molecule is O=CN1CCOc2ccc(-c3ccc(OC(F)(F)F)cc3)cc2C1. The molecular weight excluding hydrogens is 323 g/mol. The summed E-state index contributed by atoms with van der Waals surface area (Å²) in [5.41, 5.74) is 2.42. The minimum atomic E-state index is -4.71. The molecular formula is C17H14F3NO3. The van der Waals surface area contributed by atoms with Gasteiger partial charge in [-0.05, 0) is 35.4 Å². The van der Waals surface area contributed by atoms with E-state index in [9.17, 15) is 18.0 Å². The van der Waals surface area contributed by atoms with E-state index >= 15 is 0 Å². The quantitative estimate of drug-likeness (QED) is 0.803. The average Bonchev–Trinajstić information content (AvgIpc) is 2.75. The summed E-state index contributed by atoms with van der Waals surface area (Å²) in [6.07, 6.45) is -3.93. The number of carbonyl (C=O) groups excluding carboxylic acids is 1. The van der Waals surface area contributed by atoms with Crippen molar-refractivity contribution in [2.75, 3.05) is 13.2 Å². The number of halogens is 3. The first-order valence-electron chi connectivity index (χ1n) is 7.26. The Hall–Kier alpha value is -2.70. The molecule has 1 amide bonds. The highest BCUT2D eigenvalue weighted by atomic mass is 19.4. The van der Waals surface area contributed by atoms with Gasteiger partial charge in [0, 0.05) is 12.1 Å². The lowest BCUT2D eigenvalue weighted by Crippen LogP contribution is -2.23. The molecule has 0 atom stereocenters. The maximum atomic E-state index is 12.2. The van der Waals surface area contributed by atoms with Crippen molar-refractivity contribution in [2.45, 2.75) is 12.9 Å². The number of carbonyl (C=O) groups is 1. The lowest BCUT2D eigenvalue weighted by molar-refractivity contribution is -0.274. The van der Waals surface area contributed by atoms with Crippen molar-refractivity contribution in [3.05, 3.63) is 48.0 Å². The fourth-order valence-electron chi connectivity index (χ4n) is 2.53. The van der Waals surface area contributed by atoms with Crippen molar-refractivity contribution < 1.29 is 27.4 Å². The predicted molar refractivity (Wildman–Crippen MR) is 80.5 cm³/mol. The summed E-state index contributed by atoms with van der Waals surface area (Å²) >= 11 is 0. The van der Waals surface area contributed by atoms with Crippen LogP contribution in [0.5, 0.6) is 11.5 Å². The average molecular weight is 337 g/mol. The van der Waals surface area contributed by atoms with Crippen LogP contribution in [0, 0.1) is 0 Å². The Kier molecular flexibility index (Phi) is 4.33. The standard InChI is InChI=1S/C17H14F3NO3/c18-17(19,20)24-15-4-1-12(2-5-15)13-3-6-16-14(9-13)10-21(11-22)7-8-23-16/h1-6,9,11H,7-8,10H2. The topological polar surface area (TPSA) is 38.8 Å². The molecule has 7 heteroatoms. The number of benzene rings is 2. The summed E-state index contributed by atoms with van der Waals surface area (Å²) in [6.45, 7) is 1.37. The van der Waals surface area contributed by atoms with Crippen LogP contribution in [0.15, 0.2) is 42.5 Å². The molecule has 0 saturated carbocycles. The van der Waals surface area contributed by atoms with Crippen LogP contribution in [0.25, 0.3) is 11.1 Å². The van der Waals surface area contributed by atoms with Crippen molar-refractivity contribution in [1.29, 1.82) is 0 Å². The third-order valence-corrected chi connectivity index (χ3v) is 3.64. The van der Waals surface area contributed by atoms with E-state index in [0.29, 0.717) is 25.4 Å². The fraction of sp³-hybridized carbons (Fsp3) is 0.235. The van der Waals surface area contributed by atoms with Crippen LogP contribution >= 0.6 is 0 Å². The number of ether oxygens (including phenoxy) is 2. The first kappa shape index (κ1) is 16.2.